The summed E-state index contributed by atoms with van der Waals surface area (Å²) in [4.78, 5) is 2.37. The predicted molar refractivity (Wildman–Crippen MR) is 102 cm³/mol. The molecule has 2 nitrogen and oxygen atoms in total. The number of rotatable bonds is 7. The molecule has 0 spiro atoms. The first-order valence-corrected chi connectivity index (χ1v) is 8.32. The first-order chi connectivity index (χ1) is 10.8. The highest BCUT2D eigenvalue weighted by Crippen LogP contribution is 2.29. The fraction of sp³-hybridized carbons (Fsp3) is 0.400. The summed E-state index contributed by atoms with van der Waals surface area (Å²) in [7, 11) is 0. The SMILES string of the molecule is CCc1ccccc1OCCN(CC)CC.Cl.c1cc2ccc1-2. The molecule has 2 aliphatic rings. The molecule has 3 rings (SSSR count). The minimum atomic E-state index is 0. The van der Waals surface area contributed by atoms with Gasteiger partial charge in [-0.1, -0.05) is 63.2 Å². The summed E-state index contributed by atoms with van der Waals surface area (Å²) in [6, 6.07) is 16.8. The van der Waals surface area contributed by atoms with Crippen molar-refractivity contribution in [3.8, 4) is 16.9 Å². The zero-order valence-corrected chi connectivity index (χ0v) is 15.2. The highest BCUT2D eigenvalue weighted by atomic mass is 35.5. The van der Waals surface area contributed by atoms with Gasteiger partial charge in [0.2, 0.25) is 0 Å². The van der Waals surface area contributed by atoms with Crippen LogP contribution in [-0.2, 0) is 6.42 Å². The molecule has 23 heavy (non-hydrogen) atoms. The van der Waals surface area contributed by atoms with E-state index in [1.54, 1.807) is 0 Å². The molecule has 0 fully saturated rings. The first kappa shape index (κ1) is 19.5. The van der Waals surface area contributed by atoms with Crippen LogP contribution in [0.25, 0.3) is 11.1 Å². The summed E-state index contributed by atoms with van der Waals surface area (Å²) >= 11 is 0. The van der Waals surface area contributed by atoms with Crippen molar-refractivity contribution in [2.45, 2.75) is 27.2 Å². The zero-order valence-electron chi connectivity index (χ0n) is 14.4. The van der Waals surface area contributed by atoms with E-state index in [0.29, 0.717) is 0 Å². The van der Waals surface area contributed by atoms with Crippen LogP contribution >= 0.6 is 12.4 Å². The molecule has 0 unspecified atom stereocenters. The molecule has 2 aliphatic carbocycles. The molecule has 0 atom stereocenters. The molecule has 0 N–H and O–H groups in total. The Hall–Kier alpha value is -1.51. The van der Waals surface area contributed by atoms with E-state index in [0.717, 1.165) is 38.4 Å². The highest BCUT2D eigenvalue weighted by molar-refractivity contribution is 5.85. The van der Waals surface area contributed by atoms with Crippen LogP contribution in [0.3, 0.4) is 0 Å². The van der Waals surface area contributed by atoms with Crippen molar-refractivity contribution in [1.29, 1.82) is 0 Å². The van der Waals surface area contributed by atoms with E-state index >= 15 is 0 Å². The fourth-order valence-electron chi connectivity index (χ4n) is 2.42. The molecule has 3 heteroatoms. The monoisotopic (exact) mass is 333 g/mol. The van der Waals surface area contributed by atoms with E-state index in [2.05, 4.69) is 68.1 Å². The van der Waals surface area contributed by atoms with Crippen LogP contribution < -0.4 is 4.74 Å². The van der Waals surface area contributed by atoms with Crippen LogP contribution in [0.1, 0.15) is 26.3 Å². The lowest BCUT2D eigenvalue weighted by Gasteiger charge is -2.18. The van der Waals surface area contributed by atoms with Crippen LogP contribution in [0.15, 0.2) is 48.5 Å². The third-order valence-electron chi connectivity index (χ3n) is 4.13. The second-order valence-corrected chi connectivity index (χ2v) is 5.41. The number of hydrogen-bond donors (Lipinski definition) is 0. The summed E-state index contributed by atoms with van der Waals surface area (Å²) in [5.41, 5.74) is 4.15. The van der Waals surface area contributed by atoms with Gasteiger partial charge < -0.3 is 9.64 Å². The Morgan fingerprint density at radius 3 is 1.83 bits per heavy atom. The summed E-state index contributed by atoms with van der Waals surface area (Å²) in [6.45, 7) is 10.5. The van der Waals surface area contributed by atoms with Gasteiger partial charge in [0, 0.05) is 6.54 Å². The third kappa shape index (κ3) is 5.56. The molecule has 0 aromatic heterocycles. The molecule has 1 aromatic rings. The Kier molecular flexibility index (Phi) is 8.75. The van der Waals surface area contributed by atoms with Gasteiger partial charge in [-0.2, -0.15) is 0 Å². The Balaban J connectivity index is 0.000000310. The molecule has 0 heterocycles. The van der Waals surface area contributed by atoms with Crippen molar-refractivity contribution >= 4 is 12.4 Å². The maximum absolute atomic E-state index is 5.82. The number of hydrogen-bond acceptors (Lipinski definition) is 2. The van der Waals surface area contributed by atoms with Crippen LogP contribution in [0, 0.1) is 0 Å². The molecule has 0 saturated heterocycles. The third-order valence-corrected chi connectivity index (χ3v) is 4.13. The minimum Gasteiger partial charge on any atom is -0.492 e. The molecule has 1 aromatic carbocycles. The molecule has 0 saturated carbocycles. The lowest BCUT2D eigenvalue weighted by atomic mass is 9.95. The molecular weight excluding hydrogens is 306 g/mol. The molecule has 0 amide bonds. The number of benzene rings is 2. The summed E-state index contributed by atoms with van der Waals surface area (Å²) in [5.74, 6) is 1.04. The lowest BCUT2D eigenvalue weighted by molar-refractivity contribution is 0.221. The standard InChI is InChI=1S/C14H23NO.C6H4.ClH/c1-4-13-9-7-8-10-14(13)16-12-11-15(5-2)6-3;1-2-6-4-3-5(1)6;/h7-10H,4-6,11-12H2,1-3H3;1-4H;1H. The van der Waals surface area contributed by atoms with Crippen LogP contribution in [0.4, 0.5) is 0 Å². The van der Waals surface area contributed by atoms with Gasteiger partial charge in [0.25, 0.3) is 0 Å². The number of halogens is 1. The van der Waals surface area contributed by atoms with Crippen LogP contribution in [0.2, 0.25) is 0 Å². The van der Waals surface area contributed by atoms with E-state index in [4.69, 9.17) is 4.74 Å². The molecular formula is C20H28ClNO. The van der Waals surface area contributed by atoms with Gasteiger partial charge in [0.05, 0.1) is 0 Å². The Morgan fingerprint density at radius 2 is 1.39 bits per heavy atom. The Morgan fingerprint density at radius 1 is 0.826 bits per heavy atom. The maximum Gasteiger partial charge on any atom is 0.122 e. The molecule has 126 valence electrons. The smallest absolute Gasteiger partial charge is 0.122 e. The Bertz CT molecular complexity index is 543. The zero-order chi connectivity index (χ0) is 15.8. The van der Waals surface area contributed by atoms with E-state index in [9.17, 15) is 0 Å². The molecule has 0 aliphatic heterocycles. The minimum absolute atomic E-state index is 0. The average molecular weight is 334 g/mol. The van der Waals surface area contributed by atoms with Gasteiger partial charge in [0.15, 0.2) is 0 Å². The number of para-hydroxylation sites is 1. The highest BCUT2D eigenvalue weighted by Gasteiger charge is 2.04. The van der Waals surface area contributed by atoms with Crippen molar-refractivity contribution in [1.82, 2.24) is 4.90 Å². The molecule has 0 radical (unpaired) electrons. The second kappa shape index (κ2) is 10.3. The number of likely N-dealkylation sites (N-methyl/N-ethyl adjacent to an activating group) is 1. The van der Waals surface area contributed by atoms with Gasteiger partial charge in [0.1, 0.15) is 12.4 Å². The van der Waals surface area contributed by atoms with Gasteiger partial charge >= 0.3 is 0 Å². The normalized spacial score (nSPS) is 10.4. The summed E-state index contributed by atoms with van der Waals surface area (Å²) in [5, 5.41) is 0. The van der Waals surface area contributed by atoms with Crippen molar-refractivity contribution in [3.63, 3.8) is 0 Å². The number of ether oxygens (including phenoxy) is 1. The second-order valence-electron chi connectivity index (χ2n) is 5.41. The van der Waals surface area contributed by atoms with E-state index < -0.39 is 0 Å². The van der Waals surface area contributed by atoms with Gasteiger partial charge in [-0.15, -0.1) is 12.4 Å². The van der Waals surface area contributed by atoms with Crippen molar-refractivity contribution < 1.29 is 4.74 Å². The van der Waals surface area contributed by atoms with E-state index in [-0.39, 0.29) is 12.4 Å². The quantitative estimate of drug-likeness (QED) is 0.599. The summed E-state index contributed by atoms with van der Waals surface area (Å²) in [6.07, 6.45) is 1.03. The van der Waals surface area contributed by atoms with Gasteiger partial charge in [-0.3, -0.25) is 0 Å². The maximum atomic E-state index is 5.82. The fourth-order valence-corrected chi connectivity index (χ4v) is 2.42. The van der Waals surface area contributed by atoms with E-state index in [1.807, 2.05) is 6.07 Å². The van der Waals surface area contributed by atoms with Crippen molar-refractivity contribution in [3.05, 3.63) is 54.1 Å². The average Bonchev–Trinajstić information content (AvgIpc) is 2.56. The number of nitrogens with zero attached hydrogens (tertiary/aromatic N) is 1. The molecule has 0 bridgehead atoms. The van der Waals surface area contributed by atoms with Crippen LogP contribution in [0.5, 0.6) is 5.75 Å². The Labute approximate surface area is 146 Å². The largest absolute Gasteiger partial charge is 0.492 e. The number of fused-ring (bicyclic) bond motifs is 1. The first-order valence-electron chi connectivity index (χ1n) is 8.32. The summed E-state index contributed by atoms with van der Waals surface area (Å²) < 4.78 is 5.82. The topological polar surface area (TPSA) is 12.5 Å². The predicted octanol–water partition coefficient (Wildman–Crippen LogP) is 5.06. The van der Waals surface area contributed by atoms with Gasteiger partial charge in [-0.25, -0.2) is 0 Å². The van der Waals surface area contributed by atoms with Gasteiger partial charge in [-0.05, 0) is 42.3 Å². The van der Waals surface area contributed by atoms with Crippen molar-refractivity contribution in [2.75, 3.05) is 26.2 Å². The van der Waals surface area contributed by atoms with Crippen LogP contribution in [-0.4, -0.2) is 31.1 Å². The number of aryl methyl sites for hydroxylation is 1. The lowest BCUT2D eigenvalue weighted by Crippen LogP contribution is -2.28. The van der Waals surface area contributed by atoms with Crippen molar-refractivity contribution in [2.24, 2.45) is 0 Å². The van der Waals surface area contributed by atoms with E-state index in [1.165, 1.54) is 16.7 Å².